The van der Waals surface area contributed by atoms with E-state index in [2.05, 4.69) is 10.3 Å². The van der Waals surface area contributed by atoms with Crippen LogP contribution < -0.4 is 15.0 Å². The summed E-state index contributed by atoms with van der Waals surface area (Å²) in [5.74, 6) is -0.0173. The van der Waals surface area contributed by atoms with Crippen molar-refractivity contribution in [2.24, 2.45) is 0 Å². The van der Waals surface area contributed by atoms with Crippen LogP contribution in [0.25, 0.3) is 10.9 Å². The van der Waals surface area contributed by atoms with Crippen LogP contribution in [0, 0.1) is 0 Å². The first kappa shape index (κ1) is 23.8. The molecule has 2 N–H and O–H groups in total. The molecule has 0 bridgehead atoms. The summed E-state index contributed by atoms with van der Waals surface area (Å²) in [6, 6.07) is 21.4. The van der Waals surface area contributed by atoms with E-state index in [1.807, 2.05) is 55.5 Å². The molecule has 3 aromatic carbocycles. The van der Waals surface area contributed by atoms with Crippen LogP contribution in [0.4, 0.5) is 10.5 Å². The molecule has 2 atom stereocenters. The smallest absolute Gasteiger partial charge is 0.332 e. The molecule has 1 fully saturated rings. The van der Waals surface area contributed by atoms with Crippen molar-refractivity contribution in [2.45, 2.75) is 31.8 Å². The Balaban J connectivity index is 1.38. The summed E-state index contributed by atoms with van der Waals surface area (Å²) in [6.07, 6.45) is 0.599. The van der Waals surface area contributed by atoms with Crippen LogP contribution in [0.1, 0.15) is 47.1 Å². The Kier molecular flexibility index (Phi) is 5.48. The maximum absolute atomic E-state index is 14.1. The molecular formula is C30H28N4O4. The van der Waals surface area contributed by atoms with E-state index in [-0.39, 0.29) is 23.2 Å². The minimum Gasteiger partial charge on any atom is -0.497 e. The third-order valence-electron chi connectivity index (χ3n) is 7.80. The van der Waals surface area contributed by atoms with Gasteiger partial charge in [0.05, 0.1) is 30.1 Å². The van der Waals surface area contributed by atoms with Crippen molar-refractivity contribution in [3.63, 3.8) is 0 Å². The number of aromatic nitrogens is 1. The summed E-state index contributed by atoms with van der Waals surface area (Å²) in [5.41, 5.74) is 2.86. The number of fused-ring (bicyclic) bond motifs is 5. The van der Waals surface area contributed by atoms with Crippen molar-refractivity contribution in [3.8, 4) is 5.75 Å². The molecule has 2 aliphatic rings. The number of hydrogen-bond donors (Lipinski definition) is 2. The molecule has 0 radical (unpaired) electrons. The van der Waals surface area contributed by atoms with Crippen LogP contribution >= 0.6 is 0 Å². The number of urea groups is 1. The van der Waals surface area contributed by atoms with Gasteiger partial charge in [0.15, 0.2) is 5.54 Å². The summed E-state index contributed by atoms with van der Waals surface area (Å²) >= 11 is 0. The maximum Gasteiger partial charge on any atom is 0.332 e. The molecule has 0 spiro atoms. The van der Waals surface area contributed by atoms with Gasteiger partial charge in [-0.25, -0.2) is 9.69 Å². The van der Waals surface area contributed by atoms with Gasteiger partial charge in [-0.15, -0.1) is 0 Å². The number of nitrogens with zero attached hydrogens (tertiary/aromatic N) is 2. The summed E-state index contributed by atoms with van der Waals surface area (Å²) in [4.78, 5) is 47.5. The second-order valence-electron chi connectivity index (χ2n) is 9.91. The molecule has 0 saturated carbocycles. The minimum absolute atomic E-state index is 0.253. The molecule has 1 unspecified atom stereocenters. The predicted octanol–water partition coefficient (Wildman–Crippen LogP) is 4.91. The van der Waals surface area contributed by atoms with Crippen molar-refractivity contribution in [1.29, 1.82) is 0 Å². The number of carbonyl (C=O) groups excluding carboxylic acids is 3. The third kappa shape index (κ3) is 3.40. The highest BCUT2D eigenvalue weighted by Crippen LogP contribution is 2.46. The Morgan fingerprint density at radius 2 is 1.79 bits per heavy atom. The fraction of sp³-hybridized carbons (Fsp3) is 0.233. The molecule has 8 heteroatoms. The summed E-state index contributed by atoms with van der Waals surface area (Å²) in [5, 5.41) is 3.98. The molecule has 2 aliphatic heterocycles. The first-order chi connectivity index (χ1) is 18.3. The number of aromatic amines is 1. The van der Waals surface area contributed by atoms with Gasteiger partial charge in [0.25, 0.3) is 11.8 Å². The Bertz CT molecular complexity index is 1590. The third-order valence-corrected chi connectivity index (χ3v) is 7.80. The monoisotopic (exact) mass is 508 g/mol. The van der Waals surface area contributed by atoms with E-state index in [0.717, 1.165) is 32.7 Å². The van der Waals surface area contributed by atoms with Gasteiger partial charge in [0.2, 0.25) is 0 Å². The second-order valence-corrected chi connectivity index (χ2v) is 9.91. The molecule has 8 nitrogen and oxygen atoms in total. The molecule has 192 valence electrons. The summed E-state index contributed by atoms with van der Waals surface area (Å²) < 4.78 is 5.41. The number of H-pyrrole nitrogens is 1. The number of anilines is 1. The van der Waals surface area contributed by atoms with Crippen molar-refractivity contribution in [3.05, 3.63) is 95.2 Å². The summed E-state index contributed by atoms with van der Waals surface area (Å²) in [7, 11) is 1.62. The highest BCUT2D eigenvalue weighted by Gasteiger charge is 2.59. The average molecular weight is 509 g/mol. The molecule has 0 aliphatic carbocycles. The van der Waals surface area contributed by atoms with Crippen LogP contribution in [0.2, 0.25) is 0 Å². The Morgan fingerprint density at radius 1 is 1.05 bits per heavy atom. The Labute approximate surface area is 220 Å². The number of para-hydroxylation sites is 1. The lowest BCUT2D eigenvalue weighted by Crippen LogP contribution is -2.49. The van der Waals surface area contributed by atoms with Crippen molar-refractivity contribution in [2.75, 3.05) is 18.6 Å². The highest BCUT2D eigenvalue weighted by molar-refractivity contribution is 6.25. The number of hydrogen-bond acceptors (Lipinski definition) is 4. The topological polar surface area (TPSA) is 94.7 Å². The number of rotatable bonds is 5. The number of carbonyl (C=O) groups is 3. The number of imide groups is 1. The normalized spacial score (nSPS) is 19.3. The van der Waals surface area contributed by atoms with Gasteiger partial charge in [-0.05, 0) is 61.7 Å². The molecule has 1 aromatic heterocycles. The highest BCUT2D eigenvalue weighted by atomic mass is 16.5. The largest absolute Gasteiger partial charge is 0.497 e. The number of methoxy groups -OCH3 is 1. The second kappa shape index (κ2) is 8.76. The average Bonchev–Trinajstić information content (AvgIpc) is 3.41. The first-order valence-corrected chi connectivity index (χ1v) is 12.6. The van der Waals surface area contributed by atoms with E-state index in [9.17, 15) is 14.4 Å². The molecule has 38 heavy (non-hydrogen) atoms. The zero-order valence-electron chi connectivity index (χ0n) is 21.4. The van der Waals surface area contributed by atoms with Crippen molar-refractivity contribution >= 4 is 34.4 Å². The van der Waals surface area contributed by atoms with E-state index in [1.54, 1.807) is 43.2 Å². The van der Waals surface area contributed by atoms with Gasteiger partial charge >= 0.3 is 6.03 Å². The van der Waals surface area contributed by atoms with Crippen molar-refractivity contribution < 1.29 is 19.1 Å². The zero-order valence-corrected chi connectivity index (χ0v) is 21.4. The lowest BCUT2D eigenvalue weighted by atomic mass is 9.87. The van der Waals surface area contributed by atoms with Gasteiger partial charge in [-0.2, -0.15) is 0 Å². The maximum atomic E-state index is 14.1. The molecule has 4 aromatic rings. The van der Waals surface area contributed by atoms with E-state index >= 15 is 0 Å². The van der Waals surface area contributed by atoms with E-state index in [0.29, 0.717) is 18.7 Å². The van der Waals surface area contributed by atoms with E-state index < -0.39 is 17.5 Å². The predicted molar refractivity (Wildman–Crippen MR) is 144 cm³/mol. The lowest BCUT2D eigenvalue weighted by molar-refractivity contribution is -0.125. The standard InChI is InChI=1S/C30H28N4O4/c1-18(19-9-5-4-6-10-19)31-27(35)22-11-7-8-12-25(22)34-28(36)30(2)26-21(15-16-33(30)29(34)37)23-17-20(38-3)13-14-24(23)32-26/h4-14,17-18,32H,15-16H2,1-3H3,(H,31,35)/t18?,30-/m0/s1. The molecule has 1 saturated heterocycles. The zero-order chi connectivity index (χ0) is 26.6. The molecule has 4 amide bonds. The lowest BCUT2D eigenvalue weighted by Gasteiger charge is -2.35. The van der Waals surface area contributed by atoms with Crippen molar-refractivity contribution in [1.82, 2.24) is 15.2 Å². The van der Waals surface area contributed by atoms with Gasteiger partial charge in [-0.1, -0.05) is 42.5 Å². The van der Waals surface area contributed by atoms with Crippen LogP contribution in [0.5, 0.6) is 5.75 Å². The fourth-order valence-electron chi connectivity index (χ4n) is 5.72. The van der Waals surface area contributed by atoms with Crippen LogP contribution in [-0.4, -0.2) is 41.4 Å². The molecular weight excluding hydrogens is 480 g/mol. The minimum atomic E-state index is -1.22. The van der Waals surface area contributed by atoms with Gasteiger partial charge < -0.3 is 19.9 Å². The van der Waals surface area contributed by atoms with Gasteiger partial charge in [0.1, 0.15) is 5.75 Å². The van der Waals surface area contributed by atoms with Gasteiger partial charge in [-0.3, -0.25) is 9.59 Å². The number of nitrogens with one attached hydrogen (secondary N) is 2. The first-order valence-electron chi connectivity index (χ1n) is 12.6. The number of amides is 4. The Hall–Kier alpha value is -4.59. The Morgan fingerprint density at radius 3 is 2.55 bits per heavy atom. The SMILES string of the molecule is COc1ccc2[nH]c3c(c2c1)CCN1C(=O)N(c2ccccc2C(=O)NC(C)c2ccccc2)C(=O)[C@]31C. The number of benzene rings is 3. The fourth-order valence-corrected chi connectivity index (χ4v) is 5.72. The van der Waals surface area contributed by atoms with E-state index in [4.69, 9.17) is 4.74 Å². The quantitative estimate of drug-likeness (QED) is 0.375. The van der Waals surface area contributed by atoms with E-state index in [1.165, 1.54) is 0 Å². The molecule has 6 rings (SSSR count). The number of ether oxygens (including phenoxy) is 1. The van der Waals surface area contributed by atoms with Crippen LogP contribution in [0.15, 0.2) is 72.8 Å². The van der Waals surface area contributed by atoms with Gasteiger partial charge in [0, 0.05) is 17.4 Å². The summed E-state index contributed by atoms with van der Waals surface area (Å²) in [6.45, 7) is 4.06. The van der Waals surface area contributed by atoms with Crippen LogP contribution in [0.3, 0.4) is 0 Å². The molecule has 3 heterocycles. The van der Waals surface area contributed by atoms with Crippen LogP contribution in [-0.2, 0) is 16.8 Å².